The van der Waals surface area contributed by atoms with E-state index in [2.05, 4.69) is 17.1 Å². The average molecular weight is 233 g/mol. The van der Waals surface area contributed by atoms with Gasteiger partial charge in [0, 0.05) is 6.42 Å². The van der Waals surface area contributed by atoms with E-state index >= 15 is 0 Å². The van der Waals surface area contributed by atoms with Crippen molar-refractivity contribution >= 4 is 22.9 Å². The molecule has 0 radical (unpaired) electrons. The van der Waals surface area contributed by atoms with Crippen LogP contribution in [0.4, 0.5) is 0 Å². The topological polar surface area (TPSA) is 25.8 Å². The van der Waals surface area contributed by atoms with Crippen molar-refractivity contribution in [2.24, 2.45) is 0 Å². The van der Waals surface area contributed by atoms with Gasteiger partial charge in [-0.3, -0.25) is 0 Å². The maximum Gasteiger partial charge on any atom is 0.207 e. The first-order valence-corrected chi connectivity index (χ1v) is 6.50. The minimum atomic E-state index is 0.561. The van der Waals surface area contributed by atoms with Crippen LogP contribution >= 0.6 is 22.9 Å². The van der Waals surface area contributed by atoms with Crippen LogP contribution in [0.2, 0.25) is 4.47 Å². The van der Waals surface area contributed by atoms with Crippen molar-refractivity contribution in [3.05, 3.63) is 9.47 Å². The highest BCUT2D eigenvalue weighted by molar-refractivity contribution is 7.15. The predicted octanol–water partition coefficient (Wildman–Crippen LogP) is 4.09. The van der Waals surface area contributed by atoms with E-state index in [0.717, 1.165) is 11.4 Å². The molecule has 0 amide bonds. The fraction of sp³-hybridized carbons (Fsp3) is 0.800. The third kappa shape index (κ3) is 4.91. The Hall–Kier alpha value is -0.150. The standard InChI is InChI=1S/C10H17ClN2S/c1-2-3-4-5-6-7-8-9-12-13-10(11)14-9/h2-8H2,1H3. The largest absolute Gasteiger partial charge is 0.207 e. The lowest BCUT2D eigenvalue weighted by molar-refractivity contribution is 0.606. The Morgan fingerprint density at radius 3 is 2.43 bits per heavy atom. The number of aromatic nitrogens is 2. The van der Waals surface area contributed by atoms with Gasteiger partial charge in [0.1, 0.15) is 5.01 Å². The molecular weight excluding hydrogens is 216 g/mol. The summed E-state index contributed by atoms with van der Waals surface area (Å²) < 4.78 is 0.561. The second-order valence-electron chi connectivity index (χ2n) is 3.47. The SMILES string of the molecule is CCCCCCCCc1nnc(Cl)s1. The molecule has 0 bridgehead atoms. The molecule has 0 fully saturated rings. The van der Waals surface area contributed by atoms with Crippen LogP contribution in [0, 0.1) is 0 Å². The van der Waals surface area contributed by atoms with Crippen molar-refractivity contribution in [3.63, 3.8) is 0 Å². The number of hydrogen-bond donors (Lipinski definition) is 0. The minimum Gasteiger partial charge on any atom is -0.142 e. The van der Waals surface area contributed by atoms with Gasteiger partial charge in [-0.05, 0) is 18.0 Å². The van der Waals surface area contributed by atoms with Crippen molar-refractivity contribution in [1.82, 2.24) is 10.2 Å². The summed E-state index contributed by atoms with van der Waals surface area (Å²) >= 11 is 7.19. The second kappa shape index (κ2) is 7.18. The Morgan fingerprint density at radius 1 is 1.07 bits per heavy atom. The number of aryl methyl sites for hydroxylation is 1. The summed E-state index contributed by atoms with van der Waals surface area (Å²) in [5, 5.41) is 8.84. The Bertz CT molecular complexity index is 250. The van der Waals surface area contributed by atoms with Gasteiger partial charge in [0.15, 0.2) is 0 Å². The maximum atomic E-state index is 5.69. The molecule has 0 saturated carbocycles. The Morgan fingerprint density at radius 2 is 1.79 bits per heavy atom. The van der Waals surface area contributed by atoms with Gasteiger partial charge in [-0.25, -0.2) is 0 Å². The molecule has 14 heavy (non-hydrogen) atoms. The van der Waals surface area contributed by atoms with Crippen LogP contribution in [0.1, 0.15) is 50.5 Å². The zero-order chi connectivity index (χ0) is 10.2. The highest BCUT2D eigenvalue weighted by Crippen LogP contribution is 2.17. The molecule has 0 saturated heterocycles. The predicted molar refractivity (Wildman–Crippen MR) is 62.0 cm³/mol. The summed E-state index contributed by atoms with van der Waals surface area (Å²) in [6.07, 6.45) is 8.95. The lowest BCUT2D eigenvalue weighted by atomic mass is 10.1. The number of rotatable bonds is 7. The molecule has 1 heterocycles. The highest BCUT2D eigenvalue weighted by atomic mass is 35.5. The smallest absolute Gasteiger partial charge is 0.142 e. The van der Waals surface area contributed by atoms with Crippen LogP contribution in [0.3, 0.4) is 0 Å². The molecule has 0 aliphatic carbocycles. The van der Waals surface area contributed by atoms with Crippen molar-refractivity contribution < 1.29 is 0 Å². The first-order chi connectivity index (χ1) is 6.83. The van der Waals surface area contributed by atoms with Gasteiger partial charge in [-0.15, -0.1) is 10.2 Å². The summed E-state index contributed by atoms with van der Waals surface area (Å²) in [7, 11) is 0. The molecule has 1 aromatic rings. The summed E-state index contributed by atoms with van der Waals surface area (Å²) in [6, 6.07) is 0. The molecule has 4 heteroatoms. The van der Waals surface area contributed by atoms with Gasteiger partial charge in [-0.2, -0.15) is 0 Å². The van der Waals surface area contributed by atoms with E-state index in [0.29, 0.717) is 4.47 Å². The molecule has 0 aliphatic heterocycles. The first kappa shape index (κ1) is 11.9. The second-order valence-corrected chi connectivity index (χ2v) is 5.11. The Labute approximate surface area is 94.7 Å². The van der Waals surface area contributed by atoms with Crippen molar-refractivity contribution in [2.45, 2.75) is 51.9 Å². The molecule has 0 atom stereocenters. The molecule has 1 rings (SSSR count). The van der Waals surface area contributed by atoms with Crippen LogP contribution in [0.25, 0.3) is 0 Å². The van der Waals surface area contributed by atoms with E-state index in [1.54, 1.807) is 0 Å². The number of nitrogens with zero attached hydrogens (tertiary/aromatic N) is 2. The zero-order valence-corrected chi connectivity index (χ0v) is 10.2. The molecule has 80 valence electrons. The fourth-order valence-corrected chi connectivity index (χ4v) is 2.30. The van der Waals surface area contributed by atoms with E-state index in [4.69, 9.17) is 11.6 Å². The van der Waals surface area contributed by atoms with E-state index in [1.807, 2.05) is 0 Å². The molecule has 2 nitrogen and oxygen atoms in total. The van der Waals surface area contributed by atoms with Gasteiger partial charge in [0.25, 0.3) is 0 Å². The molecule has 0 unspecified atom stereocenters. The van der Waals surface area contributed by atoms with Gasteiger partial charge in [0.05, 0.1) is 0 Å². The lowest BCUT2D eigenvalue weighted by Crippen LogP contribution is -1.85. The lowest BCUT2D eigenvalue weighted by Gasteiger charge is -1.97. The highest BCUT2D eigenvalue weighted by Gasteiger charge is 2.00. The van der Waals surface area contributed by atoms with Crippen LogP contribution in [0.5, 0.6) is 0 Å². The van der Waals surface area contributed by atoms with Crippen LogP contribution < -0.4 is 0 Å². The summed E-state index contributed by atoms with van der Waals surface area (Å²) in [5.74, 6) is 0. The number of hydrogen-bond acceptors (Lipinski definition) is 3. The zero-order valence-electron chi connectivity index (χ0n) is 8.63. The van der Waals surface area contributed by atoms with Crippen molar-refractivity contribution in [2.75, 3.05) is 0 Å². The van der Waals surface area contributed by atoms with E-state index < -0.39 is 0 Å². The summed E-state index contributed by atoms with van der Waals surface area (Å²) in [6.45, 7) is 2.24. The molecule has 0 aliphatic rings. The molecule has 0 aromatic carbocycles. The van der Waals surface area contributed by atoms with E-state index in [1.165, 1.54) is 49.9 Å². The average Bonchev–Trinajstić information content (AvgIpc) is 2.58. The quantitative estimate of drug-likeness (QED) is 0.662. The van der Waals surface area contributed by atoms with Crippen molar-refractivity contribution in [1.29, 1.82) is 0 Å². The van der Waals surface area contributed by atoms with Gasteiger partial charge >= 0.3 is 0 Å². The molecule has 0 N–H and O–H groups in total. The monoisotopic (exact) mass is 232 g/mol. The Kier molecular flexibility index (Phi) is 6.12. The summed E-state index contributed by atoms with van der Waals surface area (Å²) in [5.41, 5.74) is 0. The van der Waals surface area contributed by atoms with Gasteiger partial charge in [0.2, 0.25) is 4.47 Å². The third-order valence-electron chi connectivity index (χ3n) is 2.19. The van der Waals surface area contributed by atoms with Gasteiger partial charge in [-0.1, -0.05) is 50.4 Å². The molecular formula is C10H17ClN2S. The first-order valence-electron chi connectivity index (χ1n) is 5.31. The van der Waals surface area contributed by atoms with E-state index in [9.17, 15) is 0 Å². The normalized spacial score (nSPS) is 10.7. The van der Waals surface area contributed by atoms with Crippen molar-refractivity contribution in [3.8, 4) is 0 Å². The molecule has 1 aromatic heterocycles. The van der Waals surface area contributed by atoms with E-state index in [-0.39, 0.29) is 0 Å². The van der Waals surface area contributed by atoms with Crippen LogP contribution in [-0.4, -0.2) is 10.2 Å². The maximum absolute atomic E-state index is 5.69. The third-order valence-corrected chi connectivity index (χ3v) is 3.26. The Balaban J connectivity index is 1.99. The molecule has 0 spiro atoms. The number of unbranched alkanes of at least 4 members (excludes halogenated alkanes) is 5. The summed E-state index contributed by atoms with van der Waals surface area (Å²) in [4.78, 5) is 0. The van der Waals surface area contributed by atoms with Crippen LogP contribution in [0.15, 0.2) is 0 Å². The van der Waals surface area contributed by atoms with Crippen LogP contribution in [-0.2, 0) is 6.42 Å². The fourth-order valence-electron chi connectivity index (χ4n) is 1.39. The number of halogens is 1. The minimum absolute atomic E-state index is 0.561. The van der Waals surface area contributed by atoms with Gasteiger partial charge < -0.3 is 0 Å².